The van der Waals surface area contributed by atoms with Crippen molar-refractivity contribution in [1.29, 1.82) is 0 Å². The SMILES string of the molecule is CCCCCCCC/C=N/N=C(N)N. The van der Waals surface area contributed by atoms with Gasteiger partial charge in [0.25, 0.3) is 0 Å². The Morgan fingerprint density at radius 1 is 1.07 bits per heavy atom. The van der Waals surface area contributed by atoms with E-state index in [4.69, 9.17) is 11.5 Å². The molecule has 0 bridgehead atoms. The van der Waals surface area contributed by atoms with Crippen molar-refractivity contribution in [2.75, 3.05) is 0 Å². The summed E-state index contributed by atoms with van der Waals surface area (Å²) >= 11 is 0. The second kappa shape index (κ2) is 10.0. The minimum absolute atomic E-state index is 0.0178. The highest BCUT2D eigenvalue weighted by molar-refractivity contribution is 5.76. The Hall–Kier alpha value is -1.06. The van der Waals surface area contributed by atoms with Crippen LogP contribution in [0.5, 0.6) is 0 Å². The average molecular weight is 198 g/mol. The van der Waals surface area contributed by atoms with E-state index in [2.05, 4.69) is 17.1 Å². The van der Waals surface area contributed by atoms with Gasteiger partial charge in [-0.2, -0.15) is 5.10 Å². The molecule has 4 N–H and O–H groups in total. The number of nitrogens with zero attached hydrogens (tertiary/aromatic N) is 2. The second-order valence-electron chi connectivity index (χ2n) is 3.38. The van der Waals surface area contributed by atoms with Gasteiger partial charge in [-0.15, -0.1) is 5.10 Å². The van der Waals surface area contributed by atoms with Crippen LogP contribution in [0.2, 0.25) is 0 Å². The molecular weight excluding hydrogens is 176 g/mol. The fourth-order valence-corrected chi connectivity index (χ4v) is 1.18. The zero-order valence-electron chi connectivity index (χ0n) is 9.08. The minimum Gasteiger partial charge on any atom is -0.369 e. The van der Waals surface area contributed by atoms with Gasteiger partial charge in [-0.25, -0.2) is 0 Å². The fourth-order valence-electron chi connectivity index (χ4n) is 1.18. The summed E-state index contributed by atoms with van der Waals surface area (Å²) < 4.78 is 0. The Balaban J connectivity index is 3.13. The van der Waals surface area contributed by atoms with Gasteiger partial charge in [-0.3, -0.25) is 0 Å². The van der Waals surface area contributed by atoms with E-state index < -0.39 is 0 Å². The number of nitrogens with two attached hydrogens (primary N) is 2. The summed E-state index contributed by atoms with van der Waals surface area (Å²) in [6.45, 7) is 2.22. The smallest absolute Gasteiger partial charge is 0.211 e. The first-order valence-electron chi connectivity index (χ1n) is 5.37. The Labute approximate surface area is 86.5 Å². The van der Waals surface area contributed by atoms with Crippen LogP contribution in [-0.2, 0) is 0 Å². The molecule has 0 unspecified atom stereocenters. The van der Waals surface area contributed by atoms with E-state index in [1.165, 1.54) is 38.5 Å². The molecule has 0 aliphatic heterocycles. The lowest BCUT2D eigenvalue weighted by Crippen LogP contribution is -2.21. The van der Waals surface area contributed by atoms with Gasteiger partial charge in [0.15, 0.2) is 0 Å². The van der Waals surface area contributed by atoms with Gasteiger partial charge in [-0.05, 0) is 12.8 Å². The first-order valence-corrected chi connectivity index (χ1v) is 5.37. The molecule has 0 radical (unpaired) electrons. The highest BCUT2D eigenvalue weighted by atomic mass is 15.3. The lowest BCUT2D eigenvalue weighted by molar-refractivity contribution is 0.616. The van der Waals surface area contributed by atoms with Crippen LogP contribution in [0.15, 0.2) is 10.2 Å². The third kappa shape index (κ3) is 10.9. The molecule has 0 aromatic carbocycles. The van der Waals surface area contributed by atoms with Gasteiger partial charge in [0.05, 0.1) is 0 Å². The van der Waals surface area contributed by atoms with Crippen LogP contribution < -0.4 is 11.5 Å². The first-order chi connectivity index (χ1) is 6.77. The molecule has 0 aliphatic rings. The number of hydrogen-bond donors (Lipinski definition) is 2. The summed E-state index contributed by atoms with van der Waals surface area (Å²) in [6, 6.07) is 0. The molecule has 0 saturated carbocycles. The molecule has 0 aromatic heterocycles. The maximum Gasteiger partial charge on any atom is 0.211 e. The zero-order chi connectivity index (χ0) is 10.6. The first kappa shape index (κ1) is 12.9. The molecule has 0 spiro atoms. The van der Waals surface area contributed by atoms with Gasteiger partial charge in [0, 0.05) is 6.21 Å². The summed E-state index contributed by atoms with van der Waals surface area (Å²) in [5, 5.41) is 7.23. The summed E-state index contributed by atoms with van der Waals surface area (Å²) in [5.74, 6) is 0.0178. The predicted molar refractivity (Wildman–Crippen MR) is 62.3 cm³/mol. The van der Waals surface area contributed by atoms with Crippen molar-refractivity contribution < 1.29 is 0 Å². The van der Waals surface area contributed by atoms with Crippen LogP contribution in [0.4, 0.5) is 0 Å². The van der Waals surface area contributed by atoms with E-state index in [9.17, 15) is 0 Å². The zero-order valence-corrected chi connectivity index (χ0v) is 9.08. The van der Waals surface area contributed by atoms with E-state index in [1.54, 1.807) is 6.21 Å². The molecule has 0 aromatic rings. The van der Waals surface area contributed by atoms with E-state index in [0.29, 0.717) is 0 Å². The van der Waals surface area contributed by atoms with Crippen LogP contribution in [0.3, 0.4) is 0 Å². The molecule has 0 heterocycles. The molecule has 0 rings (SSSR count). The van der Waals surface area contributed by atoms with Crippen molar-refractivity contribution in [3.63, 3.8) is 0 Å². The molecule has 0 fully saturated rings. The lowest BCUT2D eigenvalue weighted by Gasteiger charge is -1.96. The normalized spacial score (nSPS) is 10.6. The van der Waals surface area contributed by atoms with Crippen LogP contribution in [0.1, 0.15) is 51.9 Å². The molecule has 14 heavy (non-hydrogen) atoms. The summed E-state index contributed by atoms with van der Waals surface area (Å²) in [6.07, 6.45) is 10.5. The van der Waals surface area contributed by atoms with Crippen molar-refractivity contribution in [2.45, 2.75) is 51.9 Å². The largest absolute Gasteiger partial charge is 0.369 e. The standard InChI is InChI=1S/C10H22N4/c1-2-3-4-5-6-7-8-9-13-14-10(11)12/h9H,2-8H2,1H3,(H4,11,12,14)/b13-9+. The van der Waals surface area contributed by atoms with E-state index in [1.807, 2.05) is 0 Å². The monoisotopic (exact) mass is 198 g/mol. The van der Waals surface area contributed by atoms with Crippen LogP contribution in [0.25, 0.3) is 0 Å². The highest BCUT2D eigenvalue weighted by Gasteiger charge is 1.88. The van der Waals surface area contributed by atoms with Gasteiger partial charge in [0.1, 0.15) is 0 Å². The number of rotatable bonds is 8. The Kier molecular flexibility index (Phi) is 9.26. The molecule has 82 valence electrons. The topological polar surface area (TPSA) is 76.8 Å². The molecule has 0 saturated heterocycles. The van der Waals surface area contributed by atoms with E-state index in [-0.39, 0.29) is 5.96 Å². The quantitative estimate of drug-likeness (QED) is 0.271. The maximum absolute atomic E-state index is 5.10. The van der Waals surface area contributed by atoms with Gasteiger partial charge in [-0.1, -0.05) is 39.0 Å². The minimum atomic E-state index is 0.0178. The third-order valence-electron chi connectivity index (χ3n) is 1.94. The van der Waals surface area contributed by atoms with Crippen LogP contribution in [0, 0.1) is 0 Å². The van der Waals surface area contributed by atoms with E-state index in [0.717, 1.165) is 6.42 Å². The molecule has 0 amide bonds. The number of unbranched alkanes of at least 4 members (excludes halogenated alkanes) is 6. The third-order valence-corrected chi connectivity index (χ3v) is 1.94. The Morgan fingerprint density at radius 2 is 1.71 bits per heavy atom. The van der Waals surface area contributed by atoms with Crippen molar-refractivity contribution in [3.05, 3.63) is 0 Å². The van der Waals surface area contributed by atoms with Crippen molar-refractivity contribution in [2.24, 2.45) is 21.7 Å². The maximum atomic E-state index is 5.10. The van der Waals surface area contributed by atoms with Crippen molar-refractivity contribution in [3.8, 4) is 0 Å². The number of hydrogen-bond acceptors (Lipinski definition) is 2. The Bertz CT molecular complexity index is 171. The fraction of sp³-hybridized carbons (Fsp3) is 0.800. The average Bonchev–Trinajstić information content (AvgIpc) is 2.15. The summed E-state index contributed by atoms with van der Waals surface area (Å²) in [5.41, 5.74) is 10.2. The number of guanidine groups is 1. The van der Waals surface area contributed by atoms with Crippen molar-refractivity contribution >= 4 is 12.2 Å². The lowest BCUT2D eigenvalue weighted by atomic mass is 10.1. The molecule has 4 heteroatoms. The van der Waals surface area contributed by atoms with Gasteiger partial charge >= 0.3 is 0 Å². The molecule has 0 atom stereocenters. The molecular formula is C10H22N4. The predicted octanol–water partition coefficient (Wildman–Crippen LogP) is 2.00. The Morgan fingerprint density at radius 3 is 2.36 bits per heavy atom. The van der Waals surface area contributed by atoms with Gasteiger partial charge in [0.2, 0.25) is 5.96 Å². The summed E-state index contributed by atoms with van der Waals surface area (Å²) in [7, 11) is 0. The van der Waals surface area contributed by atoms with E-state index >= 15 is 0 Å². The van der Waals surface area contributed by atoms with Crippen LogP contribution in [-0.4, -0.2) is 12.2 Å². The molecule has 4 nitrogen and oxygen atoms in total. The summed E-state index contributed by atoms with van der Waals surface area (Å²) in [4.78, 5) is 0. The van der Waals surface area contributed by atoms with Crippen molar-refractivity contribution in [1.82, 2.24) is 0 Å². The second-order valence-corrected chi connectivity index (χ2v) is 3.38. The van der Waals surface area contributed by atoms with Crippen LogP contribution >= 0.6 is 0 Å². The highest BCUT2D eigenvalue weighted by Crippen LogP contribution is 2.05. The van der Waals surface area contributed by atoms with Gasteiger partial charge < -0.3 is 11.5 Å². The molecule has 0 aliphatic carbocycles.